The van der Waals surface area contributed by atoms with Crippen LogP contribution in [-0.4, -0.2) is 12.6 Å². The number of ether oxygens (including phenoxy) is 1. The van der Waals surface area contributed by atoms with Crippen molar-refractivity contribution in [3.63, 3.8) is 0 Å². The highest BCUT2D eigenvalue weighted by Crippen LogP contribution is 2.17. The van der Waals surface area contributed by atoms with Crippen LogP contribution >= 0.6 is 0 Å². The van der Waals surface area contributed by atoms with Crippen molar-refractivity contribution in [1.29, 1.82) is 0 Å². The standard InChI is InChI=1S/C15H27NO2/c1-6-16-9-15-8-14(13(5)18-15)10-17-12(4)7-11(2)3/h8,11-12,16H,6-7,9-10H2,1-5H3. The molecule has 1 heterocycles. The van der Waals surface area contributed by atoms with Gasteiger partial charge in [0.2, 0.25) is 0 Å². The Hall–Kier alpha value is -0.800. The number of hydrogen-bond acceptors (Lipinski definition) is 3. The summed E-state index contributed by atoms with van der Waals surface area (Å²) >= 11 is 0. The van der Waals surface area contributed by atoms with Crippen LogP contribution < -0.4 is 5.32 Å². The SMILES string of the molecule is CCNCc1cc(COC(C)CC(C)C)c(C)o1. The number of rotatable bonds is 8. The third-order valence-electron chi connectivity index (χ3n) is 2.95. The lowest BCUT2D eigenvalue weighted by Gasteiger charge is -2.14. The summed E-state index contributed by atoms with van der Waals surface area (Å²) in [5.74, 6) is 2.64. The van der Waals surface area contributed by atoms with Crippen LogP contribution in [0.4, 0.5) is 0 Å². The van der Waals surface area contributed by atoms with Crippen molar-refractivity contribution >= 4 is 0 Å². The lowest BCUT2D eigenvalue weighted by molar-refractivity contribution is 0.0391. The van der Waals surface area contributed by atoms with Gasteiger partial charge in [-0.1, -0.05) is 20.8 Å². The fourth-order valence-corrected chi connectivity index (χ4v) is 2.03. The Morgan fingerprint density at radius 3 is 2.67 bits per heavy atom. The summed E-state index contributed by atoms with van der Waals surface area (Å²) in [7, 11) is 0. The molecule has 1 rings (SSSR count). The molecule has 18 heavy (non-hydrogen) atoms. The van der Waals surface area contributed by atoms with Gasteiger partial charge in [0.15, 0.2) is 0 Å². The Bertz CT molecular complexity index is 344. The van der Waals surface area contributed by atoms with Crippen molar-refractivity contribution in [2.75, 3.05) is 6.54 Å². The van der Waals surface area contributed by atoms with E-state index in [0.29, 0.717) is 18.6 Å². The average Bonchev–Trinajstić information content (AvgIpc) is 2.64. The third-order valence-corrected chi connectivity index (χ3v) is 2.95. The van der Waals surface area contributed by atoms with Crippen molar-refractivity contribution in [1.82, 2.24) is 5.32 Å². The first-order valence-electron chi connectivity index (χ1n) is 6.93. The molecule has 0 aromatic carbocycles. The van der Waals surface area contributed by atoms with E-state index in [1.165, 1.54) is 5.56 Å². The van der Waals surface area contributed by atoms with Gasteiger partial charge in [-0.05, 0) is 38.8 Å². The molecule has 1 aromatic heterocycles. The molecule has 0 saturated heterocycles. The Labute approximate surface area is 111 Å². The molecule has 1 atom stereocenters. The molecule has 1 aromatic rings. The molecule has 0 radical (unpaired) electrons. The first kappa shape index (κ1) is 15.3. The lowest BCUT2D eigenvalue weighted by Crippen LogP contribution is -2.11. The van der Waals surface area contributed by atoms with Gasteiger partial charge in [0.25, 0.3) is 0 Å². The van der Waals surface area contributed by atoms with Crippen molar-refractivity contribution < 1.29 is 9.15 Å². The van der Waals surface area contributed by atoms with E-state index in [2.05, 4.69) is 39.1 Å². The summed E-state index contributed by atoms with van der Waals surface area (Å²) in [4.78, 5) is 0. The molecule has 3 heteroatoms. The van der Waals surface area contributed by atoms with Crippen LogP contribution in [0.5, 0.6) is 0 Å². The molecule has 1 unspecified atom stereocenters. The van der Waals surface area contributed by atoms with E-state index in [4.69, 9.17) is 9.15 Å². The Morgan fingerprint density at radius 2 is 2.06 bits per heavy atom. The van der Waals surface area contributed by atoms with Gasteiger partial charge in [0.05, 0.1) is 19.3 Å². The lowest BCUT2D eigenvalue weighted by atomic mass is 10.1. The largest absolute Gasteiger partial charge is 0.465 e. The molecule has 0 amide bonds. The zero-order chi connectivity index (χ0) is 13.5. The van der Waals surface area contributed by atoms with Gasteiger partial charge in [0, 0.05) is 5.56 Å². The summed E-state index contributed by atoms with van der Waals surface area (Å²) in [6.07, 6.45) is 1.40. The van der Waals surface area contributed by atoms with Gasteiger partial charge < -0.3 is 14.5 Å². The van der Waals surface area contributed by atoms with E-state index in [9.17, 15) is 0 Å². The average molecular weight is 253 g/mol. The highest BCUT2D eigenvalue weighted by atomic mass is 16.5. The predicted octanol–water partition coefficient (Wildman–Crippen LogP) is 3.65. The quantitative estimate of drug-likeness (QED) is 0.768. The molecule has 0 fully saturated rings. The highest BCUT2D eigenvalue weighted by molar-refractivity contribution is 5.19. The van der Waals surface area contributed by atoms with Gasteiger partial charge in [0.1, 0.15) is 11.5 Å². The van der Waals surface area contributed by atoms with Crippen LogP contribution in [0.1, 0.15) is 51.2 Å². The van der Waals surface area contributed by atoms with Gasteiger partial charge in [-0.15, -0.1) is 0 Å². The molecule has 3 nitrogen and oxygen atoms in total. The number of hydrogen-bond donors (Lipinski definition) is 1. The maximum atomic E-state index is 5.86. The second kappa shape index (κ2) is 7.59. The van der Waals surface area contributed by atoms with E-state index in [1.54, 1.807) is 0 Å². The van der Waals surface area contributed by atoms with E-state index in [-0.39, 0.29) is 0 Å². The summed E-state index contributed by atoms with van der Waals surface area (Å²) in [5, 5.41) is 3.26. The fourth-order valence-electron chi connectivity index (χ4n) is 2.03. The molecule has 0 spiro atoms. The molecule has 0 aliphatic carbocycles. The second-order valence-corrected chi connectivity index (χ2v) is 5.33. The van der Waals surface area contributed by atoms with Crippen LogP contribution in [0, 0.1) is 12.8 Å². The minimum Gasteiger partial charge on any atom is -0.465 e. The van der Waals surface area contributed by atoms with Crippen molar-refractivity contribution in [3.8, 4) is 0 Å². The highest BCUT2D eigenvalue weighted by Gasteiger charge is 2.10. The normalized spacial score (nSPS) is 13.2. The summed E-state index contributed by atoms with van der Waals surface area (Å²) in [5.41, 5.74) is 1.17. The maximum absolute atomic E-state index is 5.86. The zero-order valence-electron chi connectivity index (χ0n) is 12.4. The van der Waals surface area contributed by atoms with E-state index in [1.807, 2.05) is 6.92 Å². The van der Waals surface area contributed by atoms with Crippen LogP contribution in [0.3, 0.4) is 0 Å². The molecule has 0 saturated carbocycles. The Morgan fingerprint density at radius 1 is 1.33 bits per heavy atom. The van der Waals surface area contributed by atoms with Crippen molar-refractivity contribution in [3.05, 3.63) is 23.2 Å². The van der Waals surface area contributed by atoms with E-state index < -0.39 is 0 Å². The number of furan rings is 1. The maximum Gasteiger partial charge on any atom is 0.118 e. The second-order valence-electron chi connectivity index (χ2n) is 5.33. The summed E-state index contributed by atoms with van der Waals surface area (Å²) < 4.78 is 11.5. The van der Waals surface area contributed by atoms with Gasteiger partial charge in [-0.3, -0.25) is 0 Å². The van der Waals surface area contributed by atoms with Crippen LogP contribution in [-0.2, 0) is 17.9 Å². The Kier molecular flexibility index (Phi) is 6.44. The minimum atomic E-state index is 0.302. The molecule has 1 N–H and O–H groups in total. The first-order chi connectivity index (χ1) is 8.52. The smallest absolute Gasteiger partial charge is 0.118 e. The third kappa shape index (κ3) is 5.23. The zero-order valence-corrected chi connectivity index (χ0v) is 12.4. The van der Waals surface area contributed by atoms with E-state index in [0.717, 1.165) is 31.0 Å². The molecular formula is C15H27NO2. The molecule has 0 aliphatic rings. The molecule has 0 aliphatic heterocycles. The Balaban J connectivity index is 2.44. The summed E-state index contributed by atoms with van der Waals surface area (Å²) in [6.45, 7) is 13.1. The van der Waals surface area contributed by atoms with Gasteiger partial charge >= 0.3 is 0 Å². The molecule has 0 bridgehead atoms. The van der Waals surface area contributed by atoms with E-state index >= 15 is 0 Å². The van der Waals surface area contributed by atoms with Crippen molar-refractivity contribution in [2.45, 2.75) is 60.3 Å². The molecule has 104 valence electrons. The van der Waals surface area contributed by atoms with Crippen LogP contribution in [0.25, 0.3) is 0 Å². The topological polar surface area (TPSA) is 34.4 Å². The fraction of sp³-hybridized carbons (Fsp3) is 0.733. The minimum absolute atomic E-state index is 0.302. The number of aryl methyl sites for hydroxylation is 1. The van der Waals surface area contributed by atoms with Crippen molar-refractivity contribution in [2.24, 2.45) is 5.92 Å². The summed E-state index contributed by atoms with van der Waals surface area (Å²) in [6, 6.07) is 2.10. The van der Waals surface area contributed by atoms with Gasteiger partial charge in [-0.2, -0.15) is 0 Å². The van der Waals surface area contributed by atoms with Crippen LogP contribution in [0.2, 0.25) is 0 Å². The number of nitrogens with one attached hydrogen (secondary N) is 1. The predicted molar refractivity (Wildman–Crippen MR) is 74.5 cm³/mol. The molecular weight excluding hydrogens is 226 g/mol. The van der Waals surface area contributed by atoms with Gasteiger partial charge in [-0.25, -0.2) is 0 Å². The monoisotopic (exact) mass is 253 g/mol. The first-order valence-corrected chi connectivity index (χ1v) is 6.93. The van der Waals surface area contributed by atoms with Crippen LogP contribution in [0.15, 0.2) is 10.5 Å².